The van der Waals surface area contributed by atoms with Crippen LogP contribution in [0.4, 0.5) is 0 Å². The van der Waals surface area contributed by atoms with E-state index in [0.29, 0.717) is 19.4 Å². The molecule has 200 valence electrons. The molecule has 5 aliphatic rings. The summed E-state index contributed by atoms with van der Waals surface area (Å²) in [6, 6.07) is -0.106. The van der Waals surface area contributed by atoms with Crippen molar-refractivity contribution in [2.45, 2.75) is 102 Å². The van der Waals surface area contributed by atoms with E-state index in [2.05, 4.69) is 27.4 Å². The van der Waals surface area contributed by atoms with Crippen LogP contribution >= 0.6 is 0 Å². The Morgan fingerprint density at radius 3 is 2.64 bits per heavy atom. The number of hydrogen-bond acceptors (Lipinski definition) is 6. The second kappa shape index (κ2) is 9.04. The molecule has 3 saturated carbocycles. The number of hydrogen-bond donors (Lipinski definition) is 3. The van der Waals surface area contributed by atoms with Gasteiger partial charge in [-0.3, -0.25) is 9.59 Å². The molecule has 4 aliphatic carbocycles. The first-order chi connectivity index (χ1) is 17.0. The predicted molar refractivity (Wildman–Crippen MR) is 135 cm³/mol. The van der Waals surface area contributed by atoms with Gasteiger partial charge in [-0.2, -0.15) is 0 Å². The molecule has 4 fully saturated rings. The quantitative estimate of drug-likeness (QED) is 0.500. The zero-order chi connectivity index (χ0) is 26.0. The summed E-state index contributed by atoms with van der Waals surface area (Å²) < 4.78 is 5.84. The molecular formula is C29H43NO6. The molecule has 3 unspecified atom stereocenters. The Morgan fingerprint density at radius 1 is 1.22 bits per heavy atom. The van der Waals surface area contributed by atoms with Crippen LogP contribution in [0.15, 0.2) is 24.3 Å². The smallest absolute Gasteiger partial charge is 0.246 e. The Balaban J connectivity index is 1.46. The largest absolute Gasteiger partial charge is 0.390 e. The zero-order valence-corrected chi connectivity index (χ0v) is 22.0. The van der Waals surface area contributed by atoms with Gasteiger partial charge in [-0.1, -0.05) is 20.4 Å². The van der Waals surface area contributed by atoms with Crippen molar-refractivity contribution in [3.8, 4) is 0 Å². The number of fused-ring (bicyclic) bond motifs is 5. The first-order valence-electron chi connectivity index (χ1n) is 13.9. The first-order valence-corrected chi connectivity index (χ1v) is 13.9. The highest BCUT2D eigenvalue weighted by Crippen LogP contribution is 2.67. The fourth-order valence-corrected chi connectivity index (χ4v) is 8.98. The van der Waals surface area contributed by atoms with E-state index in [9.17, 15) is 24.9 Å². The highest BCUT2D eigenvalue weighted by Gasteiger charge is 2.67. The van der Waals surface area contributed by atoms with Crippen LogP contribution in [0.1, 0.15) is 72.1 Å². The molecular weight excluding hydrogens is 458 g/mol. The average Bonchev–Trinajstić information content (AvgIpc) is 3.44. The summed E-state index contributed by atoms with van der Waals surface area (Å²) in [5.74, 6) is -0.421. The lowest BCUT2D eigenvalue weighted by molar-refractivity contribution is -0.154. The Morgan fingerprint density at radius 2 is 1.97 bits per heavy atom. The molecule has 0 radical (unpaired) electrons. The third-order valence-corrected chi connectivity index (χ3v) is 11.1. The number of carbonyl (C=O) groups is 2. The summed E-state index contributed by atoms with van der Waals surface area (Å²) in [6.07, 6.45) is 6.85. The molecule has 1 amide bonds. The second-order valence-corrected chi connectivity index (χ2v) is 12.7. The van der Waals surface area contributed by atoms with E-state index in [1.807, 2.05) is 4.90 Å². The monoisotopic (exact) mass is 501 g/mol. The number of aliphatic hydroxyl groups excluding tert-OH is 2. The standard InChI is InChI=1S/C29H43NO6/c1-5-26(34)30(16-18-7-6-12-36-18)17(2)19-9-11-29(35)21-13-23(31)22-14-24(32)25(33)15-27(22,3)20(21)8-10-28(19,29)4/h5,13,17-20,22,24-25,32-33,35H,1,6-12,14-16H2,2-4H3/t17?,18?,19-,20?,22+,24-,25+,27-,28-,29-/m1/s1. The van der Waals surface area contributed by atoms with Crippen LogP contribution in [-0.4, -0.2) is 75.0 Å². The Labute approximate surface area is 214 Å². The Hall–Kier alpha value is -1.54. The minimum atomic E-state index is -1.13. The molecule has 10 atom stereocenters. The minimum Gasteiger partial charge on any atom is -0.390 e. The number of amides is 1. The van der Waals surface area contributed by atoms with Crippen LogP contribution in [0.25, 0.3) is 0 Å². The van der Waals surface area contributed by atoms with Gasteiger partial charge in [-0.25, -0.2) is 0 Å². The molecule has 7 heteroatoms. The van der Waals surface area contributed by atoms with Crippen molar-refractivity contribution in [3.05, 3.63) is 24.3 Å². The number of ketones is 1. The van der Waals surface area contributed by atoms with Crippen LogP contribution in [0.3, 0.4) is 0 Å². The Bertz CT molecular complexity index is 957. The number of carbonyl (C=O) groups excluding carboxylic acids is 2. The molecule has 0 bridgehead atoms. The van der Waals surface area contributed by atoms with Crippen LogP contribution in [0, 0.1) is 28.6 Å². The lowest BCUT2D eigenvalue weighted by atomic mass is 9.46. The number of rotatable bonds is 5. The molecule has 0 aromatic heterocycles. The van der Waals surface area contributed by atoms with Gasteiger partial charge in [-0.15, -0.1) is 0 Å². The third-order valence-electron chi connectivity index (χ3n) is 11.1. The van der Waals surface area contributed by atoms with Crippen molar-refractivity contribution in [1.29, 1.82) is 0 Å². The molecule has 1 saturated heterocycles. The summed E-state index contributed by atoms with van der Waals surface area (Å²) in [4.78, 5) is 28.2. The fraction of sp³-hybridized carbons (Fsp3) is 0.793. The summed E-state index contributed by atoms with van der Waals surface area (Å²) >= 11 is 0. The van der Waals surface area contributed by atoms with Crippen LogP contribution < -0.4 is 0 Å². The molecule has 0 aromatic carbocycles. The molecule has 5 rings (SSSR count). The molecule has 1 aliphatic heterocycles. The fourth-order valence-electron chi connectivity index (χ4n) is 8.98. The van der Waals surface area contributed by atoms with E-state index < -0.39 is 28.6 Å². The van der Waals surface area contributed by atoms with Gasteiger partial charge in [0.2, 0.25) is 5.91 Å². The van der Waals surface area contributed by atoms with Gasteiger partial charge in [0.25, 0.3) is 0 Å². The maximum Gasteiger partial charge on any atom is 0.246 e. The highest BCUT2D eigenvalue weighted by molar-refractivity contribution is 5.95. The van der Waals surface area contributed by atoms with Crippen LogP contribution in [0.5, 0.6) is 0 Å². The van der Waals surface area contributed by atoms with Crippen molar-refractivity contribution < 1.29 is 29.6 Å². The van der Waals surface area contributed by atoms with Gasteiger partial charge < -0.3 is 25.0 Å². The maximum absolute atomic E-state index is 13.4. The molecule has 36 heavy (non-hydrogen) atoms. The average molecular weight is 502 g/mol. The van der Waals surface area contributed by atoms with Crippen molar-refractivity contribution in [2.75, 3.05) is 13.2 Å². The van der Waals surface area contributed by atoms with Gasteiger partial charge in [0.1, 0.15) is 0 Å². The lowest BCUT2D eigenvalue weighted by Gasteiger charge is -2.60. The molecule has 7 nitrogen and oxygen atoms in total. The van der Waals surface area contributed by atoms with Gasteiger partial charge >= 0.3 is 0 Å². The van der Waals surface area contributed by atoms with Crippen molar-refractivity contribution >= 4 is 11.7 Å². The number of allylic oxidation sites excluding steroid dienone is 1. The van der Waals surface area contributed by atoms with Crippen molar-refractivity contribution in [1.82, 2.24) is 4.90 Å². The number of aliphatic hydroxyl groups is 3. The molecule has 0 aromatic rings. The van der Waals surface area contributed by atoms with E-state index >= 15 is 0 Å². The third kappa shape index (κ3) is 3.68. The molecule has 0 spiro atoms. The summed E-state index contributed by atoms with van der Waals surface area (Å²) in [7, 11) is 0. The predicted octanol–water partition coefficient (Wildman–Crippen LogP) is 2.77. The highest BCUT2D eigenvalue weighted by atomic mass is 16.5. The van der Waals surface area contributed by atoms with E-state index in [1.54, 1.807) is 6.08 Å². The van der Waals surface area contributed by atoms with Crippen LogP contribution in [-0.2, 0) is 14.3 Å². The summed E-state index contributed by atoms with van der Waals surface area (Å²) in [5, 5.41) is 33.2. The van der Waals surface area contributed by atoms with Gasteiger partial charge in [0, 0.05) is 30.5 Å². The van der Waals surface area contributed by atoms with E-state index in [0.717, 1.165) is 44.3 Å². The van der Waals surface area contributed by atoms with Crippen LogP contribution in [0.2, 0.25) is 0 Å². The number of nitrogens with zero attached hydrogens (tertiary/aromatic N) is 1. The zero-order valence-electron chi connectivity index (χ0n) is 22.0. The van der Waals surface area contributed by atoms with Gasteiger partial charge in [0.15, 0.2) is 5.78 Å². The molecule has 1 heterocycles. The van der Waals surface area contributed by atoms with Crippen molar-refractivity contribution in [2.24, 2.45) is 28.6 Å². The number of ether oxygens (including phenoxy) is 1. The first kappa shape index (κ1) is 26.1. The van der Waals surface area contributed by atoms with Gasteiger partial charge in [0.05, 0.1) is 23.9 Å². The van der Waals surface area contributed by atoms with Gasteiger partial charge in [-0.05, 0) is 93.3 Å². The summed E-state index contributed by atoms with van der Waals surface area (Å²) in [6.45, 7) is 11.3. The van der Waals surface area contributed by atoms with Crippen molar-refractivity contribution in [3.63, 3.8) is 0 Å². The maximum atomic E-state index is 13.4. The summed E-state index contributed by atoms with van der Waals surface area (Å²) in [5.41, 5.74) is -1.28. The second-order valence-electron chi connectivity index (χ2n) is 12.7. The lowest BCUT2D eigenvalue weighted by Crippen LogP contribution is -2.61. The Kier molecular flexibility index (Phi) is 6.55. The van der Waals surface area contributed by atoms with E-state index in [-0.39, 0.29) is 48.0 Å². The SMILES string of the molecule is C=CC(=O)N(CC1CCCO1)C(C)[C@H]1CC[C@@]2(O)C3=CC(=O)[C@@H]4C[C@@H](O)[C@@H](O)C[C@]4(C)C3CC[C@]12C. The topological polar surface area (TPSA) is 107 Å². The van der Waals surface area contributed by atoms with E-state index in [1.165, 1.54) is 6.08 Å². The molecule has 3 N–H and O–H groups in total. The normalized spacial score (nSPS) is 46.8. The van der Waals surface area contributed by atoms with E-state index in [4.69, 9.17) is 4.74 Å². The minimum absolute atomic E-state index is 0.00715.